The predicted molar refractivity (Wildman–Crippen MR) is 79.0 cm³/mol. The van der Waals surface area contributed by atoms with Gasteiger partial charge in [-0.1, -0.05) is 12.1 Å². The van der Waals surface area contributed by atoms with E-state index in [-0.39, 0.29) is 11.8 Å². The van der Waals surface area contributed by atoms with Gasteiger partial charge in [0.05, 0.1) is 12.0 Å². The van der Waals surface area contributed by atoms with E-state index in [0.717, 1.165) is 24.9 Å². The van der Waals surface area contributed by atoms with E-state index in [1.54, 1.807) is 19.2 Å². The van der Waals surface area contributed by atoms with Gasteiger partial charge in [-0.15, -0.1) is 0 Å². The lowest BCUT2D eigenvalue weighted by Gasteiger charge is -2.33. The molecular weight excluding hydrogens is 254 g/mol. The molecule has 0 saturated carbocycles. The number of likely N-dealkylation sites (tertiary alicyclic amines) is 1. The van der Waals surface area contributed by atoms with E-state index < -0.39 is 6.10 Å². The van der Waals surface area contributed by atoms with Gasteiger partial charge in [0.25, 0.3) is 0 Å². The maximum atomic E-state index is 11.7. The molecule has 1 saturated heterocycles. The lowest BCUT2D eigenvalue weighted by atomic mass is 9.96. The number of aliphatic hydroxyl groups excluding tert-OH is 1. The van der Waals surface area contributed by atoms with Crippen LogP contribution in [0.3, 0.4) is 0 Å². The van der Waals surface area contributed by atoms with Gasteiger partial charge >= 0.3 is 0 Å². The summed E-state index contributed by atoms with van der Waals surface area (Å²) < 4.78 is 0. The van der Waals surface area contributed by atoms with Gasteiger partial charge in [-0.05, 0) is 37.1 Å². The number of nitrogen functional groups attached to an aromatic ring is 1. The Kier molecular flexibility index (Phi) is 4.98. The number of nitrogens with two attached hydrogens (primary N) is 1. The van der Waals surface area contributed by atoms with Crippen LogP contribution in [0.1, 0.15) is 24.5 Å². The fourth-order valence-corrected chi connectivity index (χ4v) is 2.71. The minimum Gasteiger partial charge on any atom is -0.399 e. The van der Waals surface area contributed by atoms with E-state index >= 15 is 0 Å². The first kappa shape index (κ1) is 14.8. The second-order valence-electron chi connectivity index (χ2n) is 5.40. The highest BCUT2D eigenvalue weighted by Crippen LogP contribution is 2.21. The van der Waals surface area contributed by atoms with Crippen molar-refractivity contribution in [3.8, 4) is 0 Å². The van der Waals surface area contributed by atoms with Crippen molar-refractivity contribution >= 4 is 11.6 Å². The van der Waals surface area contributed by atoms with Crippen LogP contribution < -0.4 is 11.1 Å². The molecule has 1 amide bonds. The SMILES string of the molecule is CNC(=O)C1CCCN(CC(O)c2ccc(N)cc2)C1. The molecule has 1 aromatic rings. The largest absolute Gasteiger partial charge is 0.399 e. The van der Waals surface area contributed by atoms with Gasteiger partial charge in [-0.25, -0.2) is 0 Å². The summed E-state index contributed by atoms with van der Waals surface area (Å²) in [5, 5.41) is 13.0. The lowest BCUT2D eigenvalue weighted by molar-refractivity contribution is -0.126. The zero-order valence-electron chi connectivity index (χ0n) is 11.9. The highest BCUT2D eigenvalue weighted by Gasteiger charge is 2.26. The first-order valence-electron chi connectivity index (χ1n) is 7.07. The van der Waals surface area contributed by atoms with Crippen molar-refractivity contribution in [1.29, 1.82) is 0 Å². The zero-order valence-corrected chi connectivity index (χ0v) is 11.9. The smallest absolute Gasteiger partial charge is 0.224 e. The molecule has 2 rings (SSSR count). The van der Waals surface area contributed by atoms with Crippen molar-refractivity contribution in [3.05, 3.63) is 29.8 Å². The third kappa shape index (κ3) is 3.71. The Balaban J connectivity index is 1.92. The average molecular weight is 277 g/mol. The first-order valence-corrected chi connectivity index (χ1v) is 7.07. The maximum absolute atomic E-state index is 11.7. The molecule has 2 unspecified atom stereocenters. The van der Waals surface area contributed by atoms with Gasteiger partial charge in [0.15, 0.2) is 0 Å². The number of aliphatic hydroxyl groups is 1. The van der Waals surface area contributed by atoms with Crippen LogP contribution in [0, 0.1) is 5.92 Å². The van der Waals surface area contributed by atoms with Crippen molar-refractivity contribution in [2.45, 2.75) is 18.9 Å². The molecule has 0 bridgehead atoms. The van der Waals surface area contributed by atoms with Crippen molar-refractivity contribution in [1.82, 2.24) is 10.2 Å². The van der Waals surface area contributed by atoms with Crippen molar-refractivity contribution in [2.24, 2.45) is 5.92 Å². The molecule has 0 spiro atoms. The summed E-state index contributed by atoms with van der Waals surface area (Å²) in [6.45, 7) is 2.20. The van der Waals surface area contributed by atoms with Crippen LogP contribution >= 0.6 is 0 Å². The van der Waals surface area contributed by atoms with Crippen LogP contribution in [-0.4, -0.2) is 42.6 Å². The molecule has 1 aromatic carbocycles. The Bertz CT molecular complexity index is 447. The fraction of sp³-hybridized carbons (Fsp3) is 0.533. The quantitative estimate of drug-likeness (QED) is 0.710. The first-order chi connectivity index (χ1) is 9.60. The van der Waals surface area contributed by atoms with Crippen molar-refractivity contribution in [3.63, 3.8) is 0 Å². The Labute approximate surface area is 119 Å². The summed E-state index contributed by atoms with van der Waals surface area (Å²) in [7, 11) is 1.67. The normalized spacial score (nSPS) is 21.4. The monoisotopic (exact) mass is 277 g/mol. The van der Waals surface area contributed by atoms with Crippen LogP contribution in [-0.2, 0) is 4.79 Å². The van der Waals surface area contributed by atoms with Gasteiger partial charge in [0, 0.05) is 25.8 Å². The number of nitrogens with zero attached hydrogens (tertiary/aromatic N) is 1. The number of amides is 1. The van der Waals surface area contributed by atoms with Gasteiger partial charge in [-0.2, -0.15) is 0 Å². The average Bonchev–Trinajstić information content (AvgIpc) is 2.47. The van der Waals surface area contributed by atoms with E-state index in [1.807, 2.05) is 12.1 Å². The van der Waals surface area contributed by atoms with Crippen molar-refractivity contribution < 1.29 is 9.90 Å². The summed E-state index contributed by atoms with van der Waals surface area (Å²) in [5.41, 5.74) is 7.20. The van der Waals surface area contributed by atoms with Crippen LogP contribution in [0.15, 0.2) is 24.3 Å². The van der Waals surface area contributed by atoms with Crippen LogP contribution in [0.2, 0.25) is 0 Å². The molecule has 0 radical (unpaired) electrons. The zero-order chi connectivity index (χ0) is 14.5. The molecule has 1 fully saturated rings. The minimum absolute atomic E-state index is 0.0346. The second-order valence-corrected chi connectivity index (χ2v) is 5.40. The molecule has 1 aliphatic rings. The number of rotatable bonds is 4. The number of anilines is 1. The summed E-state index contributed by atoms with van der Waals surface area (Å²) in [5.74, 6) is 0.129. The minimum atomic E-state index is -0.543. The third-order valence-corrected chi connectivity index (χ3v) is 3.88. The molecular formula is C15H23N3O2. The fourth-order valence-electron chi connectivity index (χ4n) is 2.71. The Hall–Kier alpha value is -1.59. The van der Waals surface area contributed by atoms with Gasteiger partial charge in [0.2, 0.25) is 5.91 Å². The third-order valence-electron chi connectivity index (χ3n) is 3.88. The van der Waals surface area contributed by atoms with E-state index in [2.05, 4.69) is 10.2 Å². The molecule has 1 heterocycles. The number of benzene rings is 1. The van der Waals surface area contributed by atoms with Crippen LogP contribution in [0.4, 0.5) is 5.69 Å². The number of carbonyl (C=O) groups excluding carboxylic acids is 1. The molecule has 5 heteroatoms. The molecule has 2 atom stereocenters. The Morgan fingerprint density at radius 3 is 2.85 bits per heavy atom. The van der Waals surface area contributed by atoms with Gasteiger partial charge < -0.3 is 16.2 Å². The van der Waals surface area contributed by atoms with Crippen molar-refractivity contribution in [2.75, 3.05) is 32.4 Å². The Morgan fingerprint density at radius 2 is 2.20 bits per heavy atom. The van der Waals surface area contributed by atoms with E-state index in [9.17, 15) is 9.90 Å². The highest BCUT2D eigenvalue weighted by atomic mass is 16.3. The number of piperidine rings is 1. The number of carbonyl (C=O) groups is 1. The van der Waals surface area contributed by atoms with Gasteiger partial charge in [0.1, 0.15) is 0 Å². The van der Waals surface area contributed by atoms with Crippen LogP contribution in [0.25, 0.3) is 0 Å². The molecule has 1 aliphatic heterocycles. The summed E-state index contributed by atoms with van der Waals surface area (Å²) >= 11 is 0. The number of β-amino-alcohol motifs (C(OH)–C–C–N with tert-alkyl or cyclic N) is 1. The maximum Gasteiger partial charge on any atom is 0.224 e. The molecule has 0 aromatic heterocycles. The molecule has 0 aliphatic carbocycles. The highest BCUT2D eigenvalue weighted by molar-refractivity contribution is 5.78. The summed E-state index contributed by atoms with van der Waals surface area (Å²) in [6.07, 6.45) is 1.37. The topological polar surface area (TPSA) is 78.6 Å². The predicted octanol–water partition coefficient (Wildman–Crippen LogP) is 0.760. The van der Waals surface area contributed by atoms with E-state index in [1.165, 1.54) is 0 Å². The Morgan fingerprint density at radius 1 is 1.50 bits per heavy atom. The molecule has 5 nitrogen and oxygen atoms in total. The van der Waals surface area contributed by atoms with E-state index in [4.69, 9.17) is 5.73 Å². The summed E-state index contributed by atoms with van der Waals surface area (Å²) in [6, 6.07) is 7.28. The number of hydrogen-bond donors (Lipinski definition) is 3. The van der Waals surface area contributed by atoms with E-state index in [0.29, 0.717) is 18.8 Å². The molecule has 20 heavy (non-hydrogen) atoms. The number of nitrogens with one attached hydrogen (secondary N) is 1. The molecule has 4 N–H and O–H groups in total. The number of hydrogen-bond acceptors (Lipinski definition) is 4. The second kappa shape index (κ2) is 6.72. The van der Waals surface area contributed by atoms with Gasteiger partial charge in [-0.3, -0.25) is 9.69 Å². The standard InChI is InChI=1S/C15H23N3O2/c1-17-15(20)12-3-2-8-18(9-12)10-14(19)11-4-6-13(16)7-5-11/h4-7,12,14,19H,2-3,8-10,16H2,1H3,(H,17,20). The van der Waals surface area contributed by atoms with Crippen LogP contribution in [0.5, 0.6) is 0 Å². The molecule has 110 valence electrons. The lowest BCUT2D eigenvalue weighted by Crippen LogP contribution is -2.43. The summed E-state index contributed by atoms with van der Waals surface area (Å²) in [4.78, 5) is 13.8.